The van der Waals surface area contributed by atoms with Crippen molar-refractivity contribution in [2.45, 2.75) is 36.2 Å². The molecule has 2 aliphatic carbocycles. The molecule has 0 spiro atoms. The second-order valence-electron chi connectivity index (χ2n) is 5.63. The van der Waals surface area contributed by atoms with E-state index in [1.165, 1.54) is 0 Å². The first-order chi connectivity index (χ1) is 8.85. The van der Waals surface area contributed by atoms with Gasteiger partial charge in [0.1, 0.15) is 4.33 Å². The topological polar surface area (TPSA) is 49.3 Å². The highest BCUT2D eigenvalue weighted by atomic mass is 35.5. The molecule has 1 amide bonds. The Morgan fingerprint density at radius 1 is 1.42 bits per heavy atom. The van der Waals surface area contributed by atoms with Gasteiger partial charge in [0, 0.05) is 6.42 Å². The minimum atomic E-state index is -0.986. The minimum absolute atomic E-state index is 0.196. The van der Waals surface area contributed by atoms with Crippen molar-refractivity contribution in [3.05, 3.63) is 35.4 Å². The van der Waals surface area contributed by atoms with E-state index in [9.17, 15) is 9.90 Å². The molecule has 1 fully saturated rings. The molecule has 0 heterocycles. The van der Waals surface area contributed by atoms with Gasteiger partial charge in [-0.05, 0) is 24.5 Å². The maximum atomic E-state index is 12.3. The molecule has 0 saturated heterocycles. The molecule has 3 atom stereocenters. The molecule has 1 aromatic rings. The van der Waals surface area contributed by atoms with Crippen LogP contribution >= 0.6 is 23.2 Å². The van der Waals surface area contributed by atoms with Gasteiger partial charge in [-0.25, -0.2) is 0 Å². The van der Waals surface area contributed by atoms with Crippen LogP contribution in [0.5, 0.6) is 0 Å². The SMILES string of the molecule is CC1(C(=O)NC2c3ccccc3CC2O)CC1(Cl)Cl. The van der Waals surface area contributed by atoms with Gasteiger partial charge in [0.2, 0.25) is 5.91 Å². The number of hydrogen-bond donors (Lipinski definition) is 2. The average Bonchev–Trinajstić information content (AvgIpc) is 2.72. The number of amides is 1. The van der Waals surface area contributed by atoms with Gasteiger partial charge < -0.3 is 10.4 Å². The number of aliphatic hydroxyl groups is 1. The highest BCUT2D eigenvalue weighted by molar-refractivity contribution is 6.53. The zero-order valence-electron chi connectivity index (χ0n) is 10.5. The first-order valence-corrected chi connectivity index (χ1v) is 7.05. The summed E-state index contributed by atoms with van der Waals surface area (Å²) < 4.78 is -0.986. The van der Waals surface area contributed by atoms with Crippen molar-refractivity contribution in [3.8, 4) is 0 Å². The van der Waals surface area contributed by atoms with Crippen molar-refractivity contribution < 1.29 is 9.90 Å². The van der Waals surface area contributed by atoms with Gasteiger partial charge in [0.05, 0.1) is 17.6 Å². The smallest absolute Gasteiger partial charge is 0.229 e. The fourth-order valence-corrected chi connectivity index (χ4v) is 3.40. The molecular formula is C14H15Cl2NO2. The maximum Gasteiger partial charge on any atom is 0.229 e. The lowest BCUT2D eigenvalue weighted by Gasteiger charge is -2.21. The van der Waals surface area contributed by atoms with Crippen LogP contribution in [0, 0.1) is 5.41 Å². The van der Waals surface area contributed by atoms with E-state index < -0.39 is 15.9 Å². The molecular weight excluding hydrogens is 285 g/mol. The predicted molar refractivity (Wildman–Crippen MR) is 74.2 cm³/mol. The first kappa shape index (κ1) is 13.2. The number of rotatable bonds is 2. The summed E-state index contributed by atoms with van der Waals surface area (Å²) in [6, 6.07) is 7.37. The Bertz CT molecular complexity index is 546. The van der Waals surface area contributed by atoms with Gasteiger partial charge in [-0.15, -0.1) is 23.2 Å². The molecule has 3 nitrogen and oxygen atoms in total. The Labute approximate surface area is 121 Å². The lowest BCUT2D eigenvalue weighted by molar-refractivity contribution is -0.127. The Kier molecular flexibility index (Phi) is 2.86. The highest BCUT2D eigenvalue weighted by Crippen LogP contribution is 2.64. The molecule has 3 unspecified atom stereocenters. The number of halogens is 2. The normalized spacial score (nSPS) is 34.7. The third kappa shape index (κ3) is 1.95. The van der Waals surface area contributed by atoms with Crippen molar-refractivity contribution >= 4 is 29.1 Å². The number of alkyl halides is 2. The van der Waals surface area contributed by atoms with Crippen molar-refractivity contribution in [2.75, 3.05) is 0 Å². The molecule has 0 aromatic heterocycles. The third-order valence-electron chi connectivity index (χ3n) is 4.25. The lowest BCUT2D eigenvalue weighted by Crippen LogP contribution is -2.39. The molecule has 0 aliphatic heterocycles. The molecule has 3 rings (SSSR count). The number of carbonyl (C=O) groups is 1. The van der Waals surface area contributed by atoms with Crippen LogP contribution in [0.4, 0.5) is 0 Å². The van der Waals surface area contributed by atoms with E-state index in [4.69, 9.17) is 23.2 Å². The monoisotopic (exact) mass is 299 g/mol. The van der Waals surface area contributed by atoms with E-state index in [0.717, 1.165) is 11.1 Å². The van der Waals surface area contributed by atoms with Crippen LogP contribution in [0.1, 0.15) is 30.5 Å². The summed E-state index contributed by atoms with van der Waals surface area (Å²) in [4.78, 5) is 12.3. The van der Waals surface area contributed by atoms with Crippen molar-refractivity contribution in [1.29, 1.82) is 0 Å². The Morgan fingerprint density at radius 2 is 2.05 bits per heavy atom. The van der Waals surface area contributed by atoms with Crippen molar-refractivity contribution in [2.24, 2.45) is 5.41 Å². The predicted octanol–water partition coefficient (Wildman–Crippen LogP) is 2.34. The number of carbonyl (C=O) groups excluding carboxylic acids is 1. The summed E-state index contributed by atoms with van der Waals surface area (Å²) in [6.07, 6.45) is 0.410. The van der Waals surface area contributed by atoms with E-state index in [0.29, 0.717) is 12.8 Å². The summed E-state index contributed by atoms with van der Waals surface area (Å²) in [5, 5.41) is 13.0. The van der Waals surface area contributed by atoms with Crippen LogP contribution in [-0.4, -0.2) is 21.5 Å². The molecule has 19 heavy (non-hydrogen) atoms. The maximum absolute atomic E-state index is 12.3. The quantitative estimate of drug-likeness (QED) is 0.824. The van der Waals surface area contributed by atoms with Crippen molar-refractivity contribution in [3.63, 3.8) is 0 Å². The average molecular weight is 300 g/mol. The van der Waals surface area contributed by atoms with Crippen LogP contribution in [0.3, 0.4) is 0 Å². The molecule has 5 heteroatoms. The van der Waals surface area contributed by atoms with Gasteiger partial charge in [0.25, 0.3) is 0 Å². The highest BCUT2D eigenvalue weighted by Gasteiger charge is 2.68. The van der Waals surface area contributed by atoms with Gasteiger partial charge in [0.15, 0.2) is 0 Å². The summed E-state index contributed by atoms with van der Waals surface area (Å²) in [5.74, 6) is -0.196. The number of nitrogens with one attached hydrogen (secondary N) is 1. The second-order valence-corrected chi connectivity index (χ2v) is 7.12. The summed E-state index contributed by atoms with van der Waals surface area (Å²) in [5.41, 5.74) is 1.29. The zero-order valence-corrected chi connectivity index (χ0v) is 12.0. The molecule has 1 aromatic carbocycles. The lowest BCUT2D eigenvalue weighted by atomic mass is 10.0. The Balaban J connectivity index is 1.80. The van der Waals surface area contributed by atoms with E-state index in [-0.39, 0.29) is 11.9 Å². The van der Waals surface area contributed by atoms with Crippen LogP contribution in [0.2, 0.25) is 0 Å². The van der Waals surface area contributed by atoms with Crippen LogP contribution < -0.4 is 5.32 Å². The standard InChI is InChI=1S/C14H15Cl2NO2/c1-13(7-14(13,15)16)12(19)17-11-9-5-3-2-4-8(9)6-10(11)18/h2-5,10-11,18H,6-7H2,1H3,(H,17,19). The van der Waals surface area contributed by atoms with Gasteiger partial charge >= 0.3 is 0 Å². The van der Waals surface area contributed by atoms with Crippen LogP contribution in [-0.2, 0) is 11.2 Å². The summed E-state index contributed by atoms with van der Waals surface area (Å²) in [6.45, 7) is 1.75. The van der Waals surface area contributed by atoms with E-state index in [2.05, 4.69) is 5.32 Å². The fourth-order valence-electron chi connectivity index (χ4n) is 2.69. The number of aliphatic hydroxyl groups excluding tert-OH is 1. The zero-order chi connectivity index (χ0) is 13.8. The van der Waals surface area contributed by atoms with Crippen LogP contribution in [0.15, 0.2) is 24.3 Å². The van der Waals surface area contributed by atoms with E-state index in [1.807, 2.05) is 24.3 Å². The van der Waals surface area contributed by atoms with Gasteiger partial charge in [-0.1, -0.05) is 24.3 Å². The number of fused-ring (bicyclic) bond motifs is 1. The molecule has 2 aliphatic rings. The Hall–Kier alpha value is -0.770. The van der Waals surface area contributed by atoms with Gasteiger partial charge in [-0.2, -0.15) is 0 Å². The Morgan fingerprint density at radius 3 is 2.68 bits per heavy atom. The second kappa shape index (κ2) is 4.11. The van der Waals surface area contributed by atoms with E-state index >= 15 is 0 Å². The fraction of sp³-hybridized carbons (Fsp3) is 0.500. The molecule has 1 saturated carbocycles. The number of benzene rings is 1. The van der Waals surface area contributed by atoms with Crippen LogP contribution in [0.25, 0.3) is 0 Å². The summed E-state index contributed by atoms with van der Waals surface area (Å²) >= 11 is 12.0. The molecule has 2 N–H and O–H groups in total. The summed E-state index contributed by atoms with van der Waals surface area (Å²) in [7, 11) is 0. The minimum Gasteiger partial charge on any atom is -0.390 e. The molecule has 0 radical (unpaired) electrons. The number of hydrogen-bond acceptors (Lipinski definition) is 2. The van der Waals surface area contributed by atoms with Crippen molar-refractivity contribution in [1.82, 2.24) is 5.32 Å². The molecule has 102 valence electrons. The first-order valence-electron chi connectivity index (χ1n) is 6.30. The van der Waals surface area contributed by atoms with E-state index in [1.54, 1.807) is 6.92 Å². The molecule has 0 bridgehead atoms. The van der Waals surface area contributed by atoms with Gasteiger partial charge in [-0.3, -0.25) is 4.79 Å². The largest absolute Gasteiger partial charge is 0.390 e. The third-order valence-corrected chi connectivity index (χ3v) is 5.35.